The van der Waals surface area contributed by atoms with E-state index in [1.54, 1.807) is 0 Å². The Balaban J connectivity index is 2.26. The summed E-state index contributed by atoms with van der Waals surface area (Å²) in [5.74, 6) is -1.11. The Kier molecular flexibility index (Phi) is 3.33. The largest absolute Gasteiger partial charge is 0.477 e. The molecule has 19 heavy (non-hydrogen) atoms. The van der Waals surface area contributed by atoms with Crippen LogP contribution in [0.15, 0.2) is 36.8 Å². The number of nitrogens with zero attached hydrogens (tertiary/aromatic N) is 3. The Morgan fingerprint density at radius 1 is 1.32 bits per heavy atom. The first-order chi connectivity index (χ1) is 9.08. The third-order valence-electron chi connectivity index (χ3n) is 2.17. The molecule has 2 aromatic rings. The number of carbonyl (C=O) groups is 1. The van der Waals surface area contributed by atoms with Gasteiger partial charge in [-0.05, 0) is 12.1 Å². The number of hydrogen-bond acceptors (Lipinski definition) is 6. The molecule has 96 valence electrons. The highest BCUT2D eigenvalue weighted by molar-refractivity contribution is 5.89. The maximum absolute atomic E-state index is 10.9. The lowest BCUT2D eigenvalue weighted by atomic mass is 10.3. The van der Waals surface area contributed by atoms with E-state index in [1.807, 2.05) is 0 Å². The molecule has 0 saturated carbocycles. The van der Waals surface area contributed by atoms with Gasteiger partial charge in [-0.3, -0.25) is 10.1 Å². The summed E-state index contributed by atoms with van der Waals surface area (Å²) in [7, 11) is 0. The van der Waals surface area contributed by atoms with Crippen molar-refractivity contribution < 1.29 is 19.6 Å². The molecule has 8 heteroatoms. The lowest BCUT2D eigenvalue weighted by Crippen LogP contribution is -2.02. The van der Waals surface area contributed by atoms with Crippen LogP contribution in [-0.2, 0) is 0 Å². The number of carboxylic acids is 1. The molecule has 0 aliphatic rings. The quantitative estimate of drug-likeness (QED) is 0.659. The van der Waals surface area contributed by atoms with Crippen molar-refractivity contribution in [3.05, 3.63) is 52.5 Å². The first-order valence-electron chi connectivity index (χ1n) is 5.03. The van der Waals surface area contributed by atoms with Crippen LogP contribution in [0.2, 0.25) is 0 Å². The van der Waals surface area contributed by atoms with Crippen molar-refractivity contribution in [2.45, 2.75) is 0 Å². The zero-order valence-electron chi connectivity index (χ0n) is 9.39. The summed E-state index contributed by atoms with van der Waals surface area (Å²) in [5, 5.41) is 19.4. The average Bonchev–Trinajstić information content (AvgIpc) is 2.39. The first-order valence-corrected chi connectivity index (χ1v) is 5.03. The number of ether oxygens (including phenoxy) is 1. The van der Waals surface area contributed by atoms with Crippen molar-refractivity contribution in [2.75, 3.05) is 0 Å². The second-order valence-corrected chi connectivity index (χ2v) is 3.40. The minimum atomic E-state index is -1.22. The van der Waals surface area contributed by atoms with E-state index in [0.29, 0.717) is 0 Å². The maximum Gasteiger partial charge on any atom is 0.342 e. The summed E-state index contributed by atoms with van der Waals surface area (Å²) in [6.45, 7) is 0. The molecule has 0 saturated heterocycles. The number of aromatic nitrogens is 2. The van der Waals surface area contributed by atoms with E-state index in [2.05, 4.69) is 9.97 Å². The molecule has 0 aliphatic carbocycles. The summed E-state index contributed by atoms with van der Waals surface area (Å²) < 4.78 is 5.25. The highest BCUT2D eigenvalue weighted by atomic mass is 16.6. The fourth-order valence-corrected chi connectivity index (χ4v) is 1.29. The molecule has 1 N–H and O–H groups in total. The third-order valence-corrected chi connectivity index (χ3v) is 2.17. The fraction of sp³-hybridized carbons (Fsp3) is 0. The van der Waals surface area contributed by atoms with Gasteiger partial charge in [0.25, 0.3) is 5.69 Å². The lowest BCUT2D eigenvalue weighted by molar-refractivity contribution is -0.384. The number of benzene rings is 1. The van der Waals surface area contributed by atoms with Crippen LogP contribution in [0.25, 0.3) is 0 Å². The molecule has 1 heterocycles. The van der Waals surface area contributed by atoms with Crippen molar-refractivity contribution in [1.82, 2.24) is 9.97 Å². The Bertz CT molecular complexity index is 626. The van der Waals surface area contributed by atoms with Gasteiger partial charge in [-0.1, -0.05) is 0 Å². The SMILES string of the molecule is O=C(O)c1cncnc1Oc1ccc([N+](=O)[O-])cc1. The predicted molar refractivity (Wildman–Crippen MR) is 62.2 cm³/mol. The molecule has 0 fully saturated rings. The number of rotatable bonds is 4. The molecule has 2 rings (SSSR count). The van der Waals surface area contributed by atoms with E-state index in [0.717, 1.165) is 12.5 Å². The van der Waals surface area contributed by atoms with Crippen molar-refractivity contribution in [3.63, 3.8) is 0 Å². The highest BCUT2D eigenvalue weighted by Gasteiger charge is 2.14. The summed E-state index contributed by atoms with van der Waals surface area (Å²) in [6, 6.07) is 5.20. The monoisotopic (exact) mass is 261 g/mol. The van der Waals surface area contributed by atoms with Crippen LogP contribution < -0.4 is 4.74 Å². The standard InChI is InChI=1S/C11H7N3O5/c15-11(16)9-5-12-6-13-10(9)19-8-3-1-7(2-4-8)14(17)18/h1-6H,(H,15,16). The van der Waals surface area contributed by atoms with Gasteiger partial charge in [0, 0.05) is 18.3 Å². The van der Waals surface area contributed by atoms with Gasteiger partial charge in [0.2, 0.25) is 5.88 Å². The van der Waals surface area contributed by atoms with Crippen LogP contribution in [0.4, 0.5) is 5.69 Å². The second-order valence-electron chi connectivity index (χ2n) is 3.40. The molecule has 0 atom stereocenters. The van der Waals surface area contributed by atoms with Gasteiger partial charge >= 0.3 is 5.97 Å². The number of nitro benzene ring substituents is 1. The maximum atomic E-state index is 10.9. The molecule has 0 spiro atoms. The summed E-state index contributed by atoms with van der Waals surface area (Å²) in [5.41, 5.74) is -0.283. The smallest absolute Gasteiger partial charge is 0.342 e. The van der Waals surface area contributed by atoms with Gasteiger partial charge in [-0.25, -0.2) is 14.8 Å². The number of non-ortho nitro benzene ring substituents is 1. The molecule has 0 bridgehead atoms. The van der Waals surface area contributed by atoms with Gasteiger partial charge < -0.3 is 9.84 Å². The fourth-order valence-electron chi connectivity index (χ4n) is 1.29. The molecule has 8 nitrogen and oxygen atoms in total. The first kappa shape index (κ1) is 12.4. The molecular formula is C11H7N3O5. The van der Waals surface area contributed by atoms with Crippen LogP contribution >= 0.6 is 0 Å². The number of hydrogen-bond donors (Lipinski definition) is 1. The van der Waals surface area contributed by atoms with E-state index in [-0.39, 0.29) is 22.9 Å². The van der Waals surface area contributed by atoms with Crippen LogP contribution in [0.5, 0.6) is 11.6 Å². The van der Waals surface area contributed by atoms with Gasteiger partial charge in [0.1, 0.15) is 17.6 Å². The average molecular weight is 261 g/mol. The summed E-state index contributed by atoms with van der Waals surface area (Å²) >= 11 is 0. The molecule has 1 aromatic carbocycles. The number of nitro groups is 1. The summed E-state index contributed by atoms with van der Waals surface area (Å²) in [6.07, 6.45) is 2.25. The van der Waals surface area contributed by atoms with Gasteiger partial charge in [-0.15, -0.1) is 0 Å². The Hall–Kier alpha value is -3.03. The Labute approximate surface area is 106 Å². The van der Waals surface area contributed by atoms with Crippen LogP contribution in [0, 0.1) is 10.1 Å². The van der Waals surface area contributed by atoms with Crippen LogP contribution in [0.3, 0.4) is 0 Å². The van der Waals surface area contributed by atoms with Crippen LogP contribution in [-0.4, -0.2) is 26.0 Å². The van der Waals surface area contributed by atoms with Crippen molar-refractivity contribution in [1.29, 1.82) is 0 Å². The van der Waals surface area contributed by atoms with E-state index < -0.39 is 10.9 Å². The normalized spacial score (nSPS) is 9.89. The number of aromatic carboxylic acids is 1. The lowest BCUT2D eigenvalue weighted by Gasteiger charge is -2.06. The third kappa shape index (κ3) is 2.80. The van der Waals surface area contributed by atoms with Crippen molar-refractivity contribution in [3.8, 4) is 11.6 Å². The predicted octanol–water partition coefficient (Wildman–Crippen LogP) is 1.88. The Morgan fingerprint density at radius 2 is 2.00 bits per heavy atom. The van der Waals surface area contributed by atoms with Crippen LogP contribution in [0.1, 0.15) is 10.4 Å². The highest BCUT2D eigenvalue weighted by Crippen LogP contribution is 2.24. The minimum Gasteiger partial charge on any atom is -0.477 e. The molecule has 0 radical (unpaired) electrons. The zero-order chi connectivity index (χ0) is 13.8. The second kappa shape index (κ2) is 5.08. The molecule has 0 amide bonds. The molecule has 0 unspecified atom stereocenters. The van der Waals surface area contributed by atoms with Crippen molar-refractivity contribution >= 4 is 11.7 Å². The van der Waals surface area contributed by atoms with Gasteiger partial charge in [0.15, 0.2) is 0 Å². The molecule has 0 aliphatic heterocycles. The van der Waals surface area contributed by atoms with E-state index in [4.69, 9.17) is 9.84 Å². The zero-order valence-corrected chi connectivity index (χ0v) is 9.39. The molecule has 1 aromatic heterocycles. The van der Waals surface area contributed by atoms with E-state index in [1.165, 1.54) is 24.3 Å². The minimum absolute atomic E-state index is 0.0894. The van der Waals surface area contributed by atoms with E-state index >= 15 is 0 Å². The topological polar surface area (TPSA) is 115 Å². The van der Waals surface area contributed by atoms with Gasteiger partial charge in [-0.2, -0.15) is 0 Å². The Morgan fingerprint density at radius 3 is 2.58 bits per heavy atom. The van der Waals surface area contributed by atoms with Crippen molar-refractivity contribution in [2.24, 2.45) is 0 Å². The molecular weight excluding hydrogens is 254 g/mol. The number of carboxylic acid groups (broad SMARTS) is 1. The van der Waals surface area contributed by atoms with Gasteiger partial charge in [0.05, 0.1) is 4.92 Å². The van der Waals surface area contributed by atoms with E-state index in [9.17, 15) is 14.9 Å². The summed E-state index contributed by atoms with van der Waals surface area (Å²) in [4.78, 5) is 28.1.